The van der Waals surface area contributed by atoms with E-state index in [2.05, 4.69) is 4.72 Å². The fourth-order valence-electron chi connectivity index (χ4n) is 2.93. The van der Waals surface area contributed by atoms with Gasteiger partial charge in [0.1, 0.15) is 22.0 Å². The minimum atomic E-state index is -4.22. The third-order valence-electron chi connectivity index (χ3n) is 4.39. The first-order valence-electron chi connectivity index (χ1n) is 8.58. The molecule has 0 aliphatic carbocycles. The predicted octanol–water partition coefficient (Wildman–Crippen LogP) is 3.88. The molecule has 0 heterocycles. The molecule has 0 atom stereocenters. The Labute approximate surface area is 167 Å². The smallest absolute Gasteiger partial charge is 0.339 e. The molecule has 0 aliphatic heterocycles. The Bertz CT molecular complexity index is 1220. The number of phenols is 2. The van der Waals surface area contributed by atoms with Crippen LogP contribution in [0.2, 0.25) is 0 Å². The lowest BCUT2D eigenvalue weighted by Crippen LogP contribution is -2.14. The average Bonchev–Trinajstić information content (AvgIpc) is 2.63. The third-order valence-corrected chi connectivity index (χ3v) is 5.78. The molecule has 3 aromatic carbocycles. The number of carbonyl (C=O) groups is 1. The first-order chi connectivity index (χ1) is 13.6. The van der Waals surface area contributed by atoms with E-state index >= 15 is 0 Å². The highest BCUT2D eigenvalue weighted by Crippen LogP contribution is 2.34. The number of aromatic carboxylic acids is 1. The number of benzene rings is 3. The normalized spacial score (nSPS) is 11.2. The molecule has 0 aromatic heterocycles. The van der Waals surface area contributed by atoms with Gasteiger partial charge in [-0.3, -0.25) is 4.72 Å². The van der Waals surface area contributed by atoms with Crippen LogP contribution in [0.4, 0.5) is 5.69 Å². The first kappa shape index (κ1) is 20.2. The minimum absolute atomic E-state index is 0.0366. The third kappa shape index (κ3) is 4.17. The van der Waals surface area contributed by atoms with E-state index < -0.39 is 21.7 Å². The summed E-state index contributed by atoms with van der Waals surface area (Å²) >= 11 is 0. The second kappa shape index (κ2) is 7.48. The molecule has 4 N–H and O–H groups in total. The SMILES string of the molecule is Cc1cccc(-c2cc(C)c(O)c(S(=O)(=O)Nc3ccc(C(=O)O)c(O)c3)c2)c1. The molecule has 0 amide bonds. The van der Waals surface area contributed by atoms with Gasteiger partial charge in [0, 0.05) is 6.07 Å². The topological polar surface area (TPSA) is 124 Å². The largest absolute Gasteiger partial charge is 0.507 e. The highest BCUT2D eigenvalue weighted by molar-refractivity contribution is 7.92. The number of hydrogen-bond acceptors (Lipinski definition) is 5. The fourth-order valence-corrected chi connectivity index (χ4v) is 4.17. The van der Waals surface area contributed by atoms with Crippen LogP contribution in [-0.2, 0) is 10.0 Å². The van der Waals surface area contributed by atoms with E-state index in [4.69, 9.17) is 5.11 Å². The van der Waals surface area contributed by atoms with Crippen LogP contribution < -0.4 is 4.72 Å². The molecular weight excluding hydrogens is 394 g/mol. The molecular formula is C21H19NO6S. The number of rotatable bonds is 5. The van der Waals surface area contributed by atoms with Crippen molar-refractivity contribution in [2.45, 2.75) is 18.7 Å². The number of sulfonamides is 1. The Hall–Kier alpha value is -3.52. The average molecular weight is 413 g/mol. The molecule has 0 fully saturated rings. The maximum absolute atomic E-state index is 12.9. The van der Waals surface area contributed by atoms with Crippen molar-refractivity contribution in [1.82, 2.24) is 0 Å². The Morgan fingerprint density at radius 1 is 0.931 bits per heavy atom. The van der Waals surface area contributed by atoms with Gasteiger partial charge in [-0.05, 0) is 54.8 Å². The van der Waals surface area contributed by atoms with Crippen LogP contribution in [0.15, 0.2) is 59.5 Å². The predicted molar refractivity (Wildman–Crippen MR) is 109 cm³/mol. The molecule has 0 spiro atoms. The maximum atomic E-state index is 12.9. The van der Waals surface area contributed by atoms with Crippen LogP contribution in [0, 0.1) is 13.8 Å². The molecule has 0 radical (unpaired) electrons. The van der Waals surface area contributed by atoms with E-state index in [1.807, 2.05) is 31.2 Å². The zero-order valence-electron chi connectivity index (χ0n) is 15.7. The zero-order valence-corrected chi connectivity index (χ0v) is 16.5. The number of nitrogens with one attached hydrogen (secondary N) is 1. The summed E-state index contributed by atoms with van der Waals surface area (Å²) in [6.07, 6.45) is 0. The molecule has 7 nitrogen and oxygen atoms in total. The summed E-state index contributed by atoms with van der Waals surface area (Å²) in [5.74, 6) is -2.30. The van der Waals surface area contributed by atoms with Crippen LogP contribution in [0.1, 0.15) is 21.5 Å². The maximum Gasteiger partial charge on any atom is 0.339 e. The van der Waals surface area contributed by atoms with Gasteiger partial charge in [0.15, 0.2) is 0 Å². The van der Waals surface area contributed by atoms with Crippen LogP contribution >= 0.6 is 0 Å². The molecule has 150 valence electrons. The number of anilines is 1. The summed E-state index contributed by atoms with van der Waals surface area (Å²) in [6, 6.07) is 13.9. The van der Waals surface area contributed by atoms with E-state index in [1.54, 1.807) is 13.0 Å². The Morgan fingerprint density at radius 2 is 1.66 bits per heavy atom. The quantitative estimate of drug-likeness (QED) is 0.503. The van der Waals surface area contributed by atoms with Gasteiger partial charge in [0.2, 0.25) is 0 Å². The molecule has 0 saturated carbocycles. The van der Waals surface area contributed by atoms with E-state index in [9.17, 15) is 23.4 Å². The van der Waals surface area contributed by atoms with E-state index in [0.29, 0.717) is 11.1 Å². The van der Waals surface area contributed by atoms with Gasteiger partial charge in [0.05, 0.1) is 5.69 Å². The highest BCUT2D eigenvalue weighted by atomic mass is 32.2. The monoisotopic (exact) mass is 413 g/mol. The van der Waals surface area contributed by atoms with Crippen LogP contribution in [0.25, 0.3) is 11.1 Å². The molecule has 0 bridgehead atoms. The lowest BCUT2D eigenvalue weighted by molar-refractivity contribution is 0.0693. The first-order valence-corrected chi connectivity index (χ1v) is 10.1. The van der Waals surface area contributed by atoms with Gasteiger partial charge < -0.3 is 15.3 Å². The summed E-state index contributed by atoms with van der Waals surface area (Å²) in [5, 5.41) is 29.1. The molecule has 29 heavy (non-hydrogen) atoms. The number of hydrogen-bond donors (Lipinski definition) is 4. The van der Waals surface area contributed by atoms with Gasteiger partial charge in [-0.15, -0.1) is 0 Å². The van der Waals surface area contributed by atoms with Crippen molar-refractivity contribution in [3.63, 3.8) is 0 Å². The molecule has 0 saturated heterocycles. The Kier molecular flexibility index (Phi) is 5.21. The van der Waals surface area contributed by atoms with Gasteiger partial charge in [0.25, 0.3) is 10.0 Å². The standard InChI is InChI=1S/C21H19NO6S/c1-12-4-3-5-14(8-12)15-9-13(2)20(24)19(10-15)29(27,28)22-16-6-7-17(21(25)26)18(23)11-16/h3-11,22-24H,1-2H3,(H,25,26). The fraction of sp³-hybridized carbons (Fsp3) is 0.0952. The van der Waals surface area contributed by atoms with Crippen molar-refractivity contribution in [2.24, 2.45) is 0 Å². The lowest BCUT2D eigenvalue weighted by atomic mass is 10.0. The highest BCUT2D eigenvalue weighted by Gasteiger charge is 2.22. The number of carboxylic acids is 1. The Morgan fingerprint density at radius 3 is 2.28 bits per heavy atom. The summed E-state index contributed by atoms with van der Waals surface area (Å²) in [7, 11) is -4.22. The van der Waals surface area contributed by atoms with Crippen molar-refractivity contribution < 1.29 is 28.5 Å². The number of aromatic hydroxyl groups is 2. The zero-order chi connectivity index (χ0) is 21.3. The van der Waals surface area contributed by atoms with Crippen molar-refractivity contribution in [1.29, 1.82) is 0 Å². The van der Waals surface area contributed by atoms with Crippen LogP contribution in [-0.4, -0.2) is 29.7 Å². The molecule has 3 rings (SSSR count). The lowest BCUT2D eigenvalue weighted by Gasteiger charge is -2.14. The van der Waals surface area contributed by atoms with Crippen molar-refractivity contribution in [2.75, 3.05) is 4.72 Å². The van der Waals surface area contributed by atoms with Crippen molar-refractivity contribution in [3.05, 3.63) is 71.3 Å². The molecule has 0 aliphatic rings. The van der Waals surface area contributed by atoms with E-state index in [0.717, 1.165) is 23.3 Å². The van der Waals surface area contributed by atoms with Gasteiger partial charge >= 0.3 is 5.97 Å². The molecule has 8 heteroatoms. The molecule has 0 unspecified atom stereocenters. The van der Waals surface area contributed by atoms with Gasteiger partial charge in [-0.1, -0.05) is 29.8 Å². The number of carboxylic acid groups (broad SMARTS) is 1. The van der Waals surface area contributed by atoms with Crippen LogP contribution in [0.5, 0.6) is 11.5 Å². The van der Waals surface area contributed by atoms with Crippen LogP contribution in [0.3, 0.4) is 0 Å². The van der Waals surface area contributed by atoms with Crippen molar-refractivity contribution >= 4 is 21.7 Å². The van der Waals surface area contributed by atoms with Gasteiger partial charge in [-0.2, -0.15) is 0 Å². The molecule has 3 aromatic rings. The summed E-state index contributed by atoms with van der Waals surface area (Å²) in [4.78, 5) is 10.7. The Balaban J connectivity index is 2.04. The second-order valence-corrected chi connectivity index (χ2v) is 8.30. The summed E-state index contributed by atoms with van der Waals surface area (Å²) in [6.45, 7) is 3.52. The van der Waals surface area contributed by atoms with E-state index in [1.165, 1.54) is 12.1 Å². The summed E-state index contributed by atoms with van der Waals surface area (Å²) in [5.41, 5.74) is 2.42. The van der Waals surface area contributed by atoms with Gasteiger partial charge in [-0.25, -0.2) is 13.2 Å². The van der Waals surface area contributed by atoms with Crippen molar-refractivity contribution in [3.8, 4) is 22.6 Å². The minimum Gasteiger partial charge on any atom is -0.507 e. The van der Waals surface area contributed by atoms with E-state index in [-0.39, 0.29) is 21.9 Å². The number of aryl methyl sites for hydroxylation is 2. The number of phenolic OH excluding ortho intramolecular Hbond substituents is 1. The summed E-state index contributed by atoms with van der Waals surface area (Å²) < 4.78 is 28.0. The second-order valence-electron chi connectivity index (χ2n) is 6.65.